The fraction of sp³-hybridized carbons (Fsp3) is 0.304. The summed E-state index contributed by atoms with van der Waals surface area (Å²) >= 11 is 7.42. The standard InChI is InChI=1S/C23H23ClN4O4S/c1-15-18(21(30)26-23(25-15)33-14-16-4-2-5-17(24)12-16)13-20(29)27-7-9-28(10-8-27)22(31)19-6-3-11-32-19/h2-6,11-12H,7-10,13-14H2,1H3,(H,25,26,30). The van der Waals surface area contributed by atoms with Crippen molar-refractivity contribution < 1.29 is 14.0 Å². The summed E-state index contributed by atoms with van der Waals surface area (Å²) < 4.78 is 5.16. The number of amides is 2. The molecule has 1 fully saturated rings. The third-order valence-corrected chi connectivity index (χ3v) is 6.62. The first-order valence-electron chi connectivity index (χ1n) is 10.5. The highest BCUT2D eigenvalue weighted by atomic mass is 35.5. The van der Waals surface area contributed by atoms with Crippen molar-refractivity contribution in [3.63, 3.8) is 0 Å². The molecule has 0 saturated carbocycles. The Morgan fingerprint density at radius 2 is 1.91 bits per heavy atom. The van der Waals surface area contributed by atoms with Gasteiger partial charge in [0.2, 0.25) is 5.91 Å². The Hall–Kier alpha value is -3.04. The molecule has 3 aromatic rings. The number of aromatic amines is 1. The van der Waals surface area contributed by atoms with E-state index < -0.39 is 0 Å². The Bertz CT molecular complexity index is 1200. The van der Waals surface area contributed by atoms with Gasteiger partial charge in [-0.05, 0) is 36.8 Å². The van der Waals surface area contributed by atoms with Gasteiger partial charge < -0.3 is 19.2 Å². The van der Waals surface area contributed by atoms with Crippen molar-refractivity contribution in [3.05, 3.63) is 80.6 Å². The highest BCUT2D eigenvalue weighted by Gasteiger charge is 2.27. The Balaban J connectivity index is 1.34. The van der Waals surface area contributed by atoms with Crippen LogP contribution in [0.3, 0.4) is 0 Å². The molecule has 1 N–H and O–H groups in total. The van der Waals surface area contributed by atoms with Gasteiger partial charge >= 0.3 is 0 Å². The maximum Gasteiger partial charge on any atom is 0.289 e. The summed E-state index contributed by atoms with van der Waals surface area (Å²) in [5, 5.41) is 1.16. The van der Waals surface area contributed by atoms with Crippen molar-refractivity contribution in [3.8, 4) is 0 Å². The minimum absolute atomic E-state index is 0.0282. The molecule has 3 heterocycles. The molecule has 0 unspecified atom stereocenters. The van der Waals surface area contributed by atoms with Gasteiger partial charge in [0.1, 0.15) is 0 Å². The molecule has 0 spiro atoms. The summed E-state index contributed by atoms with van der Waals surface area (Å²) in [5.41, 5.74) is 1.61. The number of hydrogen-bond donors (Lipinski definition) is 1. The third kappa shape index (κ3) is 5.66. The molecule has 10 heteroatoms. The molecule has 1 aliphatic rings. The number of aromatic nitrogens is 2. The van der Waals surface area contributed by atoms with Crippen LogP contribution < -0.4 is 5.56 Å². The van der Waals surface area contributed by atoms with Crippen LogP contribution in [0.15, 0.2) is 57.0 Å². The van der Waals surface area contributed by atoms with Gasteiger partial charge in [0.15, 0.2) is 10.9 Å². The van der Waals surface area contributed by atoms with Gasteiger partial charge in [-0.15, -0.1) is 0 Å². The molecule has 4 rings (SSSR count). The number of H-pyrrole nitrogens is 1. The van der Waals surface area contributed by atoms with E-state index in [-0.39, 0.29) is 29.6 Å². The number of aryl methyl sites for hydroxylation is 1. The fourth-order valence-electron chi connectivity index (χ4n) is 3.62. The first kappa shape index (κ1) is 23.1. The molecule has 0 aliphatic carbocycles. The zero-order valence-corrected chi connectivity index (χ0v) is 19.6. The predicted octanol–water partition coefficient (Wildman–Crippen LogP) is 3.14. The van der Waals surface area contributed by atoms with Crippen LogP contribution in [-0.2, 0) is 17.0 Å². The molecule has 2 amide bonds. The number of carbonyl (C=O) groups is 2. The van der Waals surface area contributed by atoms with Crippen molar-refractivity contribution in [2.45, 2.75) is 24.3 Å². The number of hydrogen-bond acceptors (Lipinski definition) is 6. The summed E-state index contributed by atoms with van der Waals surface area (Å²) in [7, 11) is 0. The Labute approximate surface area is 199 Å². The summed E-state index contributed by atoms with van der Waals surface area (Å²) in [6.07, 6.45) is 1.43. The largest absolute Gasteiger partial charge is 0.459 e. The van der Waals surface area contributed by atoms with Crippen LogP contribution in [0.4, 0.5) is 0 Å². The van der Waals surface area contributed by atoms with Gasteiger partial charge in [-0.25, -0.2) is 4.98 Å². The smallest absolute Gasteiger partial charge is 0.289 e. The Kier molecular flexibility index (Phi) is 7.20. The predicted molar refractivity (Wildman–Crippen MR) is 126 cm³/mol. The number of carbonyl (C=O) groups excluding carboxylic acids is 2. The van der Waals surface area contributed by atoms with Gasteiger partial charge in [-0.1, -0.05) is 35.5 Å². The highest BCUT2D eigenvalue weighted by molar-refractivity contribution is 7.98. The van der Waals surface area contributed by atoms with E-state index in [0.717, 1.165) is 5.56 Å². The number of halogens is 1. The van der Waals surface area contributed by atoms with E-state index in [0.29, 0.717) is 53.4 Å². The van der Waals surface area contributed by atoms with E-state index in [1.165, 1.54) is 18.0 Å². The van der Waals surface area contributed by atoms with E-state index in [9.17, 15) is 14.4 Å². The maximum atomic E-state index is 12.8. The molecular weight excluding hydrogens is 464 g/mol. The lowest BCUT2D eigenvalue weighted by Crippen LogP contribution is -2.51. The number of nitrogens with zero attached hydrogens (tertiary/aromatic N) is 3. The normalized spacial score (nSPS) is 13.9. The average molecular weight is 487 g/mol. The molecule has 2 aromatic heterocycles. The van der Waals surface area contributed by atoms with Crippen LogP contribution in [0, 0.1) is 6.92 Å². The highest BCUT2D eigenvalue weighted by Crippen LogP contribution is 2.21. The number of piperazine rings is 1. The molecule has 33 heavy (non-hydrogen) atoms. The van der Waals surface area contributed by atoms with Gasteiger partial charge in [0.05, 0.1) is 12.7 Å². The van der Waals surface area contributed by atoms with Crippen LogP contribution in [0.25, 0.3) is 0 Å². The van der Waals surface area contributed by atoms with Crippen LogP contribution in [0.2, 0.25) is 5.02 Å². The zero-order chi connectivity index (χ0) is 23.4. The molecule has 1 saturated heterocycles. The van der Waals surface area contributed by atoms with Gasteiger partial charge in [0, 0.05) is 48.2 Å². The monoisotopic (exact) mass is 486 g/mol. The lowest BCUT2D eigenvalue weighted by Gasteiger charge is -2.34. The second-order valence-corrected chi connectivity index (χ2v) is 9.08. The van der Waals surface area contributed by atoms with Gasteiger partial charge in [-0.2, -0.15) is 0 Å². The molecule has 0 radical (unpaired) electrons. The fourth-order valence-corrected chi connectivity index (χ4v) is 4.68. The summed E-state index contributed by atoms with van der Waals surface area (Å²) in [6, 6.07) is 10.8. The zero-order valence-electron chi connectivity index (χ0n) is 18.0. The quantitative estimate of drug-likeness (QED) is 0.424. The first-order valence-corrected chi connectivity index (χ1v) is 11.8. The Morgan fingerprint density at radius 3 is 2.58 bits per heavy atom. The molecule has 1 aliphatic heterocycles. The van der Waals surface area contributed by atoms with Crippen molar-refractivity contribution in [1.82, 2.24) is 19.8 Å². The number of thioether (sulfide) groups is 1. The van der Waals surface area contributed by atoms with Crippen molar-refractivity contribution >= 4 is 35.2 Å². The molecule has 0 bridgehead atoms. The molecule has 0 atom stereocenters. The SMILES string of the molecule is Cc1nc(SCc2cccc(Cl)c2)[nH]c(=O)c1CC(=O)N1CCN(C(=O)c2ccco2)CC1. The maximum absolute atomic E-state index is 12.8. The van der Waals surface area contributed by atoms with E-state index in [1.807, 2.05) is 24.3 Å². The minimum atomic E-state index is -0.309. The first-order chi connectivity index (χ1) is 15.9. The van der Waals surface area contributed by atoms with Crippen molar-refractivity contribution in [2.24, 2.45) is 0 Å². The molecule has 8 nitrogen and oxygen atoms in total. The average Bonchev–Trinajstić information content (AvgIpc) is 3.35. The second kappa shape index (κ2) is 10.3. The van der Waals surface area contributed by atoms with E-state index >= 15 is 0 Å². The van der Waals surface area contributed by atoms with Crippen LogP contribution in [-0.4, -0.2) is 57.8 Å². The van der Waals surface area contributed by atoms with Gasteiger partial charge in [0.25, 0.3) is 11.5 Å². The van der Waals surface area contributed by atoms with Gasteiger partial charge in [-0.3, -0.25) is 14.4 Å². The van der Waals surface area contributed by atoms with Crippen LogP contribution in [0.5, 0.6) is 0 Å². The van der Waals surface area contributed by atoms with Crippen molar-refractivity contribution in [1.29, 1.82) is 0 Å². The van der Waals surface area contributed by atoms with Crippen molar-refractivity contribution in [2.75, 3.05) is 26.2 Å². The van der Waals surface area contributed by atoms with Crippen LogP contribution in [0.1, 0.15) is 27.4 Å². The third-order valence-electron chi connectivity index (χ3n) is 5.44. The summed E-state index contributed by atoms with van der Waals surface area (Å²) in [5.74, 6) is 0.558. The summed E-state index contributed by atoms with van der Waals surface area (Å²) in [4.78, 5) is 48.4. The lowest BCUT2D eigenvalue weighted by atomic mass is 10.1. The van der Waals surface area contributed by atoms with E-state index in [4.69, 9.17) is 16.0 Å². The molecule has 1 aromatic carbocycles. The summed E-state index contributed by atoms with van der Waals surface area (Å²) in [6.45, 7) is 3.38. The number of nitrogens with one attached hydrogen (secondary N) is 1. The topological polar surface area (TPSA) is 99.5 Å². The second-order valence-electron chi connectivity index (χ2n) is 7.68. The molecular formula is C23H23ClN4O4S. The van der Waals surface area contributed by atoms with E-state index in [1.54, 1.807) is 28.9 Å². The number of furan rings is 1. The number of benzene rings is 1. The lowest BCUT2D eigenvalue weighted by molar-refractivity contribution is -0.132. The van der Waals surface area contributed by atoms with E-state index in [2.05, 4.69) is 9.97 Å². The van der Waals surface area contributed by atoms with Crippen LogP contribution >= 0.6 is 23.4 Å². The Morgan fingerprint density at radius 1 is 1.15 bits per heavy atom. The molecule has 172 valence electrons. The minimum Gasteiger partial charge on any atom is -0.459 e. The number of rotatable bonds is 6.